The number of nitrogens with two attached hydrogens (primary N) is 1. The number of hydrogen-bond donors (Lipinski definition) is 2. The Balaban J connectivity index is 1.08. The van der Waals surface area contributed by atoms with E-state index >= 15 is 0 Å². The number of aromatic nitrogens is 2. The van der Waals surface area contributed by atoms with Crippen molar-refractivity contribution in [2.24, 2.45) is 5.92 Å². The Labute approximate surface area is 281 Å². The quantitative estimate of drug-likeness (QED) is 0.210. The van der Waals surface area contributed by atoms with Gasteiger partial charge in [0, 0.05) is 43.8 Å². The van der Waals surface area contributed by atoms with Crippen LogP contribution in [0.15, 0.2) is 90.0 Å². The van der Waals surface area contributed by atoms with Crippen LogP contribution in [0, 0.1) is 5.92 Å². The summed E-state index contributed by atoms with van der Waals surface area (Å²) in [5, 5.41) is 11.8. The maximum absolute atomic E-state index is 14.4. The molecule has 252 valence electrons. The first-order valence-corrected chi connectivity index (χ1v) is 16.3. The van der Waals surface area contributed by atoms with E-state index in [1.807, 2.05) is 36.4 Å². The lowest BCUT2D eigenvalue weighted by atomic mass is 9.73. The monoisotopic (exact) mass is 678 g/mol. The van der Waals surface area contributed by atoms with Crippen LogP contribution < -0.4 is 20.8 Å². The largest absolute Gasteiger partial charge is 0.487 e. The zero-order chi connectivity index (χ0) is 33.9. The number of halogens is 3. The molecule has 2 fully saturated rings. The van der Waals surface area contributed by atoms with Gasteiger partial charge >= 0.3 is 0 Å². The average molecular weight is 679 g/mol. The fourth-order valence-corrected chi connectivity index (χ4v) is 6.69. The number of carbonyl (C=O) groups is 1. The Hall–Kier alpha value is -4.48. The molecule has 3 N–H and O–H groups in total. The molecule has 4 aromatic rings. The number of likely N-dealkylation sites (tertiary alicyclic amines) is 1. The molecule has 1 aliphatic carbocycles. The van der Waals surface area contributed by atoms with Crippen LogP contribution in [-0.2, 0) is 17.9 Å². The van der Waals surface area contributed by atoms with Crippen LogP contribution in [0.2, 0.25) is 5.02 Å². The summed E-state index contributed by atoms with van der Waals surface area (Å²) in [5.41, 5.74) is 5.69. The van der Waals surface area contributed by atoms with Crippen LogP contribution in [0.3, 0.4) is 0 Å². The lowest BCUT2D eigenvalue weighted by molar-refractivity contribution is -0.145. The molecule has 0 unspecified atom stereocenters. The number of hydrogen-bond acceptors (Lipinski definition) is 7. The highest BCUT2D eigenvalue weighted by Crippen LogP contribution is 2.46. The van der Waals surface area contributed by atoms with Crippen molar-refractivity contribution < 1.29 is 28.2 Å². The first-order chi connectivity index (χ1) is 23.0. The van der Waals surface area contributed by atoms with Gasteiger partial charge in [-0.3, -0.25) is 14.2 Å². The van der Waals surface area contributed by atoms with E-state index in [0.29, 0.717) is 23.1 Å². The van der Waals surface area contributed by atoms with Crippen LogP contribution in [0.25, 0.3) is 0 Å². The van der Waals surface area contributed by atoms with E-state index in [4.69, 9.17) is 26.8 Å². The number of carbonyl (C=O) groups excluding carboxylic acids is 1. The van der Waals surface area contributed by atoms with Crippen molar-refractivity contribution in [3.05, 3.63) is 112 Å². The SMILES string of the molecule is Nc1c(Oc2ccc(Cl)c(OCc3ccccc3)c2)ncn(CC2(O)CCN(C(=O)[C@@H]3CCC(F)(F)C[C@H]3c3ccccc3)CC2)c1=O. The van der Waals surface area contributed by atoms with Crippen molar-refractivity contribution >= 4 is 23.2 Å². The molecule has 2 aliphatic rings. The van der Waals surface area contributed by atoms with Crippen LogP contribution in [0.5, 0.6) is 17.4 Å². The Bertz CT molecular complexity index is 1800. The predicted octanol–water partition coefficient (Wildman–Crippen LogP) is 6.42. The van der Waals surface area contributed by atoms with Gasteiger partial charge in [0.2, 0.25) is 17.7 Å². The predicted molar refractivity (Wildman–Crippen MR) is 177 cm³/mol. The van der Waals surface area contributed by atoms with Gasteiger partial charge < -0.3 is 25.2 Å². The van der Waals surface area contributed by atoms with Gasteiger partial charge in [-0.1, -0.05) is 72.3 Å². The third kappa shape index (κ3) is 7.63. The number of nitrogen functional groups attached to an aromatic ring is 1. The summed E-state index contributed by atoms with van der Waals surface area (Å²) in [7, 11) is 0. The van der Waals surface area contributed by atoms with E-state index in [1.54, 1.807) is 47.4 Å². The third-order valence-corrected chi connectivity index (χ3v) is 9.54. The minimum atomic E-state index is -2.82. The van der Waals surface area contributed by atoms with Gasteiger partial charge in [-0.05, 0) is 42.5 Å². The molecule has 1 aromatic heterocycles. The van der Waals surface area contributed by atoms with Crippen molar-refractivity contribution in [3.8, 4) is 17.4 Å². The maximum atomic E-state index is 14.4. The van der Waals surface area contributed by atoms with E-state index in [1.165, 1.54) is 10.9 Å². The number of alkyl halides is 2. The van der Waals surface area contributed by atoms with Crippen LogP contribution in [-0.4, -0.2) is 50.1 Å². The number of nitrogens with zero attached hydrogens (tertiary/aromatic N) is 3. The molecular weight excluding hydrogens is 642 g/mol. The Morgan fingerprint density at radius 3 is 2.42 bits per heavy atom. The summed E-state index contributed by atoms with van der Waals surface area (Å²) in [6, 6.07) is 23.4. The minimum absolute atomic E-state index is 0.0912. The third-order valence-electron chi connectivity index (χ3n) is 9.23. The second-order valence-electron chi connectivity index (χ2n) is 12.6. The molecular formula is C36H37ClF2N4O5. The molecule has 1 saturated carbocycles. The van der Waals surface area contributed by atoms with Gasteiger partial charge in [0.15, 0.2) is 5.69 Å². The van der Waals surface area contributed by atoms with Crippen LogP contribution in [0.1, 0.15) is 49.1 Å². The number of ether oxygens (including phenoxy) is 2. The second kappa shape index (κ2) is 13.9. The second-order valence-corrected chi connectivity index (χ2v) is 13.0. The molecule has 6 rings (SSSR count). The number of piperidine rings is 1. The van der Waals surface area contributed by atoms with Gasteiger partial charge in [-0.2, -0.15) is 0 Å². The van der Waals surface area contributed by atoms with Gasteiger partial charge in [0.25, 0.3) is 5.56 Å². The molecule has 0 spiro atoms. The highest BCUT2D eigenvalue weighted by molar-refractivity contribution is 6.32. The van der Waals surface area contributed by atoms with E-state index in [-0.39, 0.29) is 69.2 Å². The first kappa shape index (κ1) is 33.4. The van der Waals surface area contributed by atoms with Crippen molar-refractivity contribution in [1.82, 2.24) is 14.5 Å². The van der Waals surface area contributed by atoms with E-state index < -0.39 is 28.9 Å². The first-order valence-electron chi connectivity index (χ1n) is 15.9. The van der Waals surface area contributed by atoms with E-state index in [9.17, 15) is 23.5 Å². The van der Waals surface area contributed by atoms with Gasteiger partial charge in [0.05, 0.1) is 17.2 Å². The highest BCUT2D eigenvalue weighted by Gasteiger charge is 2.46. The summed E-state index contributed by atoms with van der Waals surface area (Å²) in [6.07, 6.45) is 1.04. The summed E-state index contributed by atoms with van der Waals surface area (Å²) < 4.78 is 41.7. The molecule has 1 saturated heterocycles. The molecule has 2 heterocycles. The number of benzene rings is 3. The minimum Gasteiger partial charge on any atom is -0.487 e. The molecule has 0 radical (unpaired) electrons. The van der Waals surface area contributed by atoms with Crippen molar-refractivity contribution in [1.29, 1.82) is 0 Å². The van der Waals surface area contributed by atoms with Gasteiger partial charge in [-0.15, -0.1) is 0 Å². The molecule has 1 amide bonds. The lowest BCUT2D eigenvalue weighted by Crippen LogP contribution is -2.52. The summed E-state index contributed by atoms with van der Waals surface area (Å²) >= 11 is 6.31. The molecule has 9 nitrogen and oxygen atoms in total. The zero-order valence-electron chi connectivity index (χ0n) is 26.2. The Kier molecular flexibility index (Phi) is 9.70. The summed E-state index contributed by atoms with van der Waals surface area (Å²) in [5.74, 6) is -3.56. The van der Waals surface area contributed by atoms with Gasteiger partial charge in [-0.25, -0.2) is 13.8 Å². The molecule has 1 aliphatic heterocycles. The normalized spacial score (nSPS) is 20.2. The Morgan fingerprint density at radius 2 is 1.71 bits per heavy atom. The number of amides is 1. The fourth-order valence-electron chi connectivity index (χ4n) is 6.52. The van der Waals surface area contributed by atoms with Crippen LogP contribution >= 0.6 is 11.6 Å². The fraction of sp³-hybridized carbons (Fsp3) is 0.361. The lowest BCUT2D eigenvalue weighted by Gasteiger charge is -2.42. The van der Waals surface area contributed by atoms with Crippen molar-refractivity contribution in [2.75, 3.05) is 18.8 Å². The summed E-state index contributed by atoms with van der Waals surface area (Å²) in [6.45, 7) is 0.663. The Morgan fingerprint density at radius 1 is 1.02 bits per heavy atom. The van der Waals surface area contributed by atoms with Crippen LogP contribution in [0.4, 0.5) is 14.5 Å². The zero-order valence-corrected chi connectivity index (χ0v) is 27.0. The maximum Gasteiger partial charge on any atom is 0.280 e. The van der Waals surface area contributed by atoms with Crippen molar-refractivity contribution in [3.63, 3.8) is 0 Å². The number of rotatable bonds is 9. The van der Waals surface area contributed by atoms with Gasteiger partial charge in [0.1, 0.15) is 24.4 Å². The highest BCUT2D eigenvalue weighted by atomic mass is 35.5. The van der Waals surface area contributed by atoms with Crippen molar-refractivity contribution in [2.45, 2.75) is 62.7 Å². The number of anilines is 1. The van der Waals surface area contributed by atoms with E-state index in [0.717, 1.165) is 11.1 Å². The average Bonchev–Trinajstić information content (AvgIpc) is 3.09. The topological polar surface area (TPSA) is 120 Å². The number of aliphatic hydroxyl groups is 1. The molecule has 3 aromatic carbocycles. The molecule has 2 atom stereocenters. The molecule has 0 bridgehead atoms. The molecule has 48 heavy (non-hydrogen) atoms. The van der Waals surface area contributed by atoms with E-state index in [2.05, 4.69) is 4.98 Å². The molecule has 12 heteroatoms. The smallest absolute Gasteiger partial charge is 0.280 e. The standard InChI is InChI=1S/C36H37ClF2N4O5/c37-29-12-11-26(19-30(29)47-21-24-7-3-1-4-8-24)48-32-31(40)34(45)43(23-41-32)22-35(46)15-17-42(18-16-35)33(44)27-13-14-36(38,39)20-28(27)25-9-5-2-6-10-25/h1-12,19,23,27-28,46H,13-18,20-22,40H2/t27-,28+/m1/s1. The summed E-state index contributed by atoms with van der Waals surface area (Å²) in [4.78, 5) is 32.7.